The Bertz CT molecular complexity index is 3030. The number of esters is 1. The Morgan fingerprint density at radius 1 is 0.500 bits per heavy atom. The number of carbonyl (C=O) groups excluding carboxylic acids is 4. The summed E-state index contributed by atoms with van der Waals surface area (Å²) in [5.74, 6) is -4.25. The van der Waals surface area contributed by atoms with E-state index in [2.05, 4.69) is 0 Å². The van der Waals surface area contributed by atoms with Gasteiger partial charge in [-0.25, -0.2) is 26.7 Å². The molecule has 0 saturated carbocycles. The number of Topliss-reactive ketones (excluding diaryl/α,β-unsaturated/α-hetero) is 3. The van der Waals surface area contributed by atoms with Gasteiger partial charge in [0.15, 0.2) is 29.0 Å². The number of benzene rings is 6. The van der Waals surface area contributed by atoms with Gasteiger partial charge in [0.25, 0.3) is 0 Å². The van der Waals surface area contributed by atoms with Gasteiger partial charge in [-0.05, 0) is 180 Å². The lowest BCUT2D eigenvalue weighted by Gasteiger charge is -2.14. The molecular weight excluding hydrogens is 1060 g/mol. The molecule has 420 valence electrons. The van der Waals surface area contributed by atoms with Crippen LogP contribution in [0.1, 0.15) is 141 Å². The van der Waals surface area contributed by atoms with Crippen molar-refractivity contribution >= 4 is 75.7 Å². The molecule has 0 aromatic heterocycles. The van der Waals surface area contributed by atoms with Crippen LogP contribution < -0.4 is 0 Å². The highest BCUT2D eigenvalue weighted by Crippen LogP contribution is 2.38. The normalized spacial score (nSPS) is 11.0. The highest BCUT2D eigenvalue weighted by Gasteiger charge is 2.29. The second-order valence-electron chi connectivity index (χ2n) is 17.1. The molecule has 78 heavy (non-hydrogen) atoms. The molecule has 0 amide bonds. The molecule has 1 aliphatic heterocycles. The van der Waals surface area contributed by atoms with Crippen molar-refractivity contribution in [1.29, 1.82) is 0 Å². The first-order chi connectivity index (χ1) is 36.7. The molecule has 7 nitrogen and oxygen atoms in total. The third-order valence-electron chi connectivity index (χ3n) is 12.4. The topological polar surface area (TPSA) is 115 Å². The number of halogens is 5. The van der Waals surface area contributed by atoms with Gasteiger partial charge in [0.2, 0.25) is 0 Å². The van der Waals surface area contributed by atoms with Gasteiger partial charge in [-0.3, -0.25) is 19.2 Å². The molecule has 0 aliphatic carbocycles. The lowest BCUT2D eigenvalue weighted by atomic mass is 9.92. The van der Waals surface area contributed by atoms with Gasteiger partial charge in [-0.1, -0.05) is 88.4 Å². The van der Waals surface area contributed by atoms with E-state index in [1.165, 1.54) is 81.2 Å². The maximum atomic E-state index is 14.4. The first kappa shape index (κ1) is 69.7. The smallest absolute Gasteiger partial charge is 0.339 e. The van der Waals surface area contributed by atoms with E-state index in [1.807, 2.05) is 137 Å². The van der Waals surface area contributed by atoms with Gasteiger partial charge < -0.3 is 9.84 Å². The van der Waals surface area contributed by atoms with E-state index in [0.29, 0.717) is 36.9 Å². The molecule has 1 N–H and O–H groups in total. The van der Waals surface area contributed by atoms with Gasteiger partial charge in [0.05, 0.1) is 12.0 Å². The molecule has 6 aromatic rings. The van der Waals surface area contributed by atoms with E-state index >= 15 is 0 Å². The summed E-state index contributed by atoms with van der Waals surface area (Å²) in [6.07, 6.45) is 5.64. The number of hydrogen-bond donors (Lipinski definition) is 1. The summed E-state index contributed by atoms with van der Waals surface area (Å²) in [5, 5.41) is 8.37. The molecule has 1 aliphatic rings. The van der Waals surface area contributed by atoms with Crippen LogP contribution in [0.15, 0.2) is 99.6 Å². The molecule has 0 unspecified atom stereocenters. The number of cyclic esters (lactones) is 1. The van der Waals surface area contributed by atoms with Crippen molar-refractivity contribution in [2.75, 3.05) is 25.4 Å². The predicted molar refractivity (Wildman–Crippen MR) is 314 cm³/mol. The van der Waals surface area contributed by atoms with Crippen molar-refractivity contribution in [3.05, 3.63) is 192 Å². The van der Waals surface area contributed by atoms with Gasteiger partial charge >= 0.3 is 11.9 Å². The number of rotatable bonds is 10. The predicted octanol–water partition coefficient (Wildman–Crippen LogP) is 17.5. The second-order valence-corrected chi connectivity index (χ2v) is 19.5. The first-order valence-electron chi connectivity index (χ1n) is 25.0. The minimum atomic E-state index is -0.965. The largest absolute Gasteiger partial charge is 0.481 e. The summed E-state index contributed by atoms with van der Waals surface area (Å²) in [6.45, 7) is 26.8. The van der Waals surface area contributed by atoms with Crippen molar-refractivity contribution in [3.8, 4) is 0 Å². The van der Waals surface area contributed by atoms with Crippen LogP contribution in [0.3, 0.4) is 0 Å². The lowest BCUT2D eigenvalue weighted by molar-refractivity contribution is -0.136. The lowest BCUT2D eigenvalue weighted by Crippen LogP contribution is -2.03. The van der Waals surface area contributed by atoms with Gasteiger partial charge in [-0.15, -0.1) is 35.3 Å². The van der Waals surface area contributed by atoms with Crippen LogP contribution in [-0.4, -0.2) is 59.8 Å². The third-order valence-corrected chi connectivity index (χ3v) is 15.1. The summed E-state index contributed by atoms with van der Waals surface area (Å²) >= 11 is 4.14. The van der Waals surface area contributed by atoms with E-state index in [4.69, 9.17) is 9.84 Å². The monoisotopic (exact) mass is 1130 g/mol. The Morgan fingerprint density at radius 3 is 1.22 bits per heavy atom. The van der Waals surface area contributed by atoms with Gasteiger partial charge in [0, 0.05) is 36.9 Å². The van der Waals surface area contributed by atoms with Crippen molar-refractivity contribution in [2.24, 2.45) is 0 Å². The Kier molecular flexibility index (Phi) is 30.3. The maximum Gasteiger partial charge on any atom is 0.339 e. The molecule has 0 bridgehead atoms. The Morgan fingerprint density at radius 2 is 0.846 bits per heavy atom. The summed E-state index contributed by atoms with van der Waals surface area (Å²) in [5.41, 5.74) is 11.0. The highest BCUT2D eigenvalue weighted by molar-refractivity contribution is 7.99. The van der Waals surface area contributed by atoms with Crippen molar-refractivity contribution in [1.82, 2.24) is 0 Å². The molecule has 0 fully saturated rings. The minimum absolute atomic E-state index is 0.0860. The number of carbonyl (C=O) groups is 5. The van der Waals surface area contributed by atoms with E-state index < -0.39 is 17.6 Å². The number of carboxylic acids is 1. The molecular formula is C63H73F5O7S3. The van der Waals surface area contributed by atoms with E-state index in [-0.39, 0.29) is 64.9 Å². The van der Waals surface area contributed by atoms with Crippen LogP contribution in [0.2, 0.25) is 0 Å². The number of thioether (sulfide) groups is 3. The SMILES string of the molecule is CC.CC.CC(=O)c1cc(F)c(F)c(C)c1C.CSc1c(F)cc(C(C)=O)c(C)c1C.CSc1c(F)cc(C(C)=O)c(C)c1C.CSc1c(F)cc(C2=C(c3ccccc3)C(=O)OC2)c(C)c1C.O=C(O)Cc1ccccc1. The number of aliphatic carboxylic acids is 1. The maximum absolute atomic E-state index is 14.4. The van der Waals surface area contributed by atoms with Crippen LogP contribution in [0, 0.1) is 84.5 Å². The zero-order chi connectivity index (χ0) is 59.9. The van der Waals surface area contributed by atoms with Gasteiger partial charge in [0.1, 0.15) is 24.1 Å². The van der Waals surface area contributed by atoms with Crippen molar-refractivity contribution in [2.45, 2.75) is 125 Å². The average Bonchev–Trinajstić information content (AvgIpc) is 3.81. The summed E-state index contributed by atoms with van der Waals surface area (Å²) < 4.78 is 72.4. The molecule has 0 radical (unpaired) electrons. The number of hydrogen-bond acceptors (Lipinski definition) is 9. The number of carboxylic acid groups (broad SMARTS) is 1. The van der Waals surface area contributed by atoms with Crippen LogP contribution in [-0.2, 0) is 20.7 Å². The van der Waals surface area contributed by atoms with E-state index in [9.17, 15) is 45.9 Å². The van der Waals surface area contributed by atoms with Crippen LogP contribution in [0.25, 0.3) is 11.1 Å². The Hall–Kier alpha value is -6.29. The Balaban J connectivity index is 0.000000494. The van der Waals surface area contributed by atoms with Crippen LogP contribution in [0.5, 0.6) is 0 Å². The standard InChI is InChI=1S/C19H17FO2S.2C11H13FOS.C10H10F2O.C8H8O2.2C2H6/c1-11-12(2)18(23-3)16(20)9-14(11)15-10-22-19(21)17(15)13-7-5-4-6-8-13;2*1-6-7(2)11(14-4)10(12)5-9(6)8(3)13;1-5-6(2)10(12)9(11)4-8(5)7(3)13;9-8(10)6-7-4-2-1-3-5-7;2*1-2/h4-9H,10H2,1-3H3;2*5H,1-4H3;4H,1-3H3;1-5H,6H2,(H,9,10);2*1-2H3. The van der Waals surface area contributed by atoms with Crippen molar-refractivity contribution < 1.29 is 55.8 Å². The van der Waals surface area contributed by atoms with Gasteiger partial charge in [-0.2, -0.15) is 0 Å². The average molecular weight is 1130 g/mol. The minimum Gasteiger partial charge on any atom is -0.481 e. The molecule has 15 heteroatoms. The number of ether oxygens (including phenoxy) is 1. The fourth-order valence-corrected chi connectivity index (χ4v) is 9.99. The van der Waals surface area contributed by atoms with Crippen molar-refractivity contribution in [3.63, 3.8) is 0 Å². The number of ketones is 3. The molecule has 0 saturated heterocycles. The molecule has 6 aromatic carbocycles. The fourth-order valence-electron chi connectivity index (χ4n) is 7.85. The van der Waals surface area contributed by atoms with E-state index in [1.54, 1.807) is 19.1 Å². The molecule has 0 spiro atoms. The van der Waals surface area contributed by atoms with Crippen LogP contribution in [0.4, 0.5) is 22.0 Å². The molecule has 1 heterocycles. The van der Waals surface area contributed by atoms with Crippen LogP contribution >= 0.6 is 35.3 Å². The zero-order valence-electron chi connectivity index (χ0n) is 48.0. The first-order valence-corrected chi connectivity index (χ1v) is 28.6. The highest BCUT2D eigenvalue weighted by atomic mass is 32.2. The zero-order valence-corrected chi connectivity index (χ0v) is 50.5. The Labute approximate surface area is 471 Å². The quantitative estimate of drug-likeness (QED) is 0.0615. The summed E-state index contributed by atoms with van der Waals surface area (Å²) in [6, 6.07) is 23.6. The molecule has 0 atom stereocenters. The fraction of sp³-hybridized carbons (Fsp3) is 0.317. The van der Waals surface area contributed by atoms with E-state index in [0.717, 1.165) is 61.7 Å². The molecule has 7 rings (SSSR count). The summed E-state index contributed by atoms with van der Waals surface area (Å²) in [7, 11) is 0. The third kappa shape index (κ3) is 18.7. The summed E-state index contributed by atoms with van der Waals surface area (Å²) in [4.78, 5) is 57.7. The second kappa shape index (κ2) is 33.9.